The molecular weight excluding hydrogens is 252 g/mol. The third-order valence-electron chi connectivity index (χ3n) is 4.29. The van der Waals surface area contributed by atoms with Crippen LogP contribution < -0.4 is 16.0 Å². The highest BCUT2D eigenvalue weighted by Gasteiger charge is 2.41. The topological polar surface area (TPSA) is 56.5 Å². The number of hydrogen-bond acceptors (Lipinski definition) is 4. The summed E-state index contributed by atoms with van der Waals surface area (Å²) in [6.07, 6.45) is 5.46. The molecule has 0 aromatic heterocycles. The second-order valence-corrected chi connectivity index (χ2v) is 5.48. The SMILES string of the molecule is CCOC1(C(Cc2cccc(OC)c2)NN)CCCC1. The highest BCUT2D eigenvalue weighted by atomic mass is 16.5. The van der Waals surface area contributed by atoms with Gasteiger partial charge in [0.15, 0.2) is 0 Å². The molecule has 0 amide bonds. The van der Waals surface area contributed by atoms with Gasteiger partial charge in [-0.15, -0.1) is 0 Å². The first-order valence-corrected chi connectivity index (χ1v) is 7.47. The lowest BCUT2D eigenvalue weighted by Crippen LogP contribution is -2.54. The largest absolute Gasteiger partial charge is 0.497 e. The van der Waals surface area contributed by atoms with E-state index in [1.54, 1.807) is 7.11 Å². The monoisotopic (exact) mass is 278 g/mol. The van der Waals surface area contributed by atoms with Crippen molar-refractivity contribution >= 4 is 0 Å². The molecule has 0 spiro atoms. The molecule has 1 fully saturated rings. The van der Waals surface area contributed by atoms with E-state index in [1.807, 2.05) is 12.1 Å². The molecule has 0 aliphatic heterocycles. The Morgan fingerprint density at radius 1 is 1.35 bits per heavy atom. The molecule has 1 saturated carbocycles. The van der Waals surface area contributed by atoms with Crippen molar-refractivity contribution in [3.63, 3.8) is 0 Å². The Hall–Kier alpha value is -1.10. The molecule has 1 unspecified atom stereocenters. The zero-order chi connectivity index (χ0) is 14.4. The molecule has 20 heavy (non-hydrogen) atoms. The van der Waals surface area contributed by atoms with Gasteiger partial charge < -0.3 is 9.47 Å². The van der Waals surface area contributed by atoms with E-state index in [2.05, 4.69) is 24.5 Å². The second kappa shape index (κ2) is 7.07. The molecule has 1 aromatic rings. The summed E-state index contributed by atoms with van der Waals surface area (Å²) in [5.41, 5.74) is 4.09. The molecule has 0 heterocycles. The second-order valence-electron chi connectivity index (χ2n) is 5.48. The third kappa shape index (κ3) is 3.32. The lowest BCUT2D eigenvalue weighted by molar-refractivity contribution is -0.0613. The first-order valence-electron chi connectivity index (χ1n) is 7.47. The van der Waals surface area contributed by atoms with Crippen LogP contribution in [0.4, 0.5) is 0 Å². The molecule has 2 rings (SSSR count). The van der Waals surface area contributed by atoms with Gasteiger partial charge in [0.2, 0.25) is 0 Å². The van der Waals surface area contributed by atoms with Crippen LogP contribution >= 0.6 is 0 Å². The molecule has 0 bridgehead atoms. The number of ether oxygens (including phenoxy) is 2. The highest BCUT2D eigenvalue weighted by molar-refractivity contribution is 5.29. The minimum absolute atomic E-state index is 0.118. The number of hydrogen-bond donors (Lipinski definition) is 2. The summed E-state index contributed by atoms with van der Waals surface area (Å²) >= 11 is 0. The van der Waals surface area contributed by atoms with Gasteiger partial charge in [0.05, 0.1) is 18.8 Å². The van der Waals surface area contributed by atoms with Crippen molar-refractivity contribution in [1.82, 2.24) is 5.43 Å². The predicted molar refractivity (Wildman–Crippen MR) is 80.6 cm³/mol. The zero-order valence-corrected chi connectivity index (χ0v) is 12.5. The quantitative estimate of drug-likeness (QED) is 0.594. The van der Waals surface area contributed by atoms with E-state index in [4.69, 9.17) is 15.3 Å². The van der Waals surface area contributed by atoms with E-state index < -0.39 is 0 Å². The van der Waals surface area contributed by atoms with Crippen LogP contribution in [0.2, 0.25) is 0 Å². The zero-order valence-electron chi connectivity index (χ0n) is 12.5. The van der Waals surface area contributed by atoms with Gasteiger partial charge >= 0.3 is 0 Å². The average Bonchev–Trinajstić information content (AvgIpc) is 2.95. The van der Waals surface area contributed by atoms with Crippen LogP contribution in [0.1, 0.15) is 38.2 Å². The smallest absolute Gasteiger partial charge is 0.119 e. The molecule has 3 N–H and O–H groups in total. The predicted octanol–water partition coefficient (Wildman–Crippen LogP) is 2.42. The van der Waals surface area contributed by atoms with Gasteiger partial charge in [-0.05, 0) is 43.9 Å². The lowest BCUT2D eigenvalue weighted by atomic mass is 9.87. The summed E-state index contributed by atoms with van der Waals surface area (Å²) in [6.45, 7) is 2.79. The Labute approximate surface area is 121 Å². The lowest BCUT2D eigenvalue weighted by Gasteiger charge is -2.37. The third-order valence-corrected chi connectivity index (χ3v) is 4.29. The molecule has 112 valence electrons. The molecule has 1 atom stereocenters. The maximum atomic E-state index is 6.10. The van der Waals surface area contributed by atoms with Crippen molar-refractivity contribution in [3.05, 3.63) is 29.8 Å². The minimum Gasteiger partial charge on any atom is -0.497 e. The maximum absolute atomic E-state index is 6.10. The molecule has 1 aliphatic carbocycles. The van der Waals surface area contributed by atoms with Gasteiger partial charge in [0.25, 0.3) is 0 Å². The minimum atomic E-state index is -0.118. The van der Waals surface area contributed by atoms with Gasteiger partial charge in [-0.25, -0.2) is 0 Å². The van der Waals surface area contributed by atoms with Crippen molar-refractivity contribution in [2.75, 3.05) is 13.7 Å². The fourth-order valence-corrected chi connectivity index (χ4v) is 3.29. The summed E-state index contributed by atoms with van der Waals surface area (Å²) in [7, 11) is 1.69. The number of hydrazine groups is 1. The summed E-state index contributed by atoms with van der Waals surface area (Å²) in [6, 6.07) is 8.30. The molecule has 0 saturated heterocycles. The summed E-state index contributed by atoms with van der Waals surface area (Å²) in [4.78, 5) is 0. The standard InChI is InChI=1S/C16H26N2O2/c1-3-20-16(9-4-5-10-16)15(18-17)12-13-7-6-8-14(11-13)19-2/h6-8,11,15,18H,3-5,9-10,12,17H2,1-2H3. The summed E-state index contributed by atoms with van der Waals surface area (Å²) in [5, 5.41) is 0. The van der Waals surface area contributed by atoms with E-state index in [-0.39, 0.29) is 11.6 Å². The van der Waals surface area contributed by atoms with Crippen LogP contribution in [0.15, 0.2) is 24.3 Å². The Morgan fingerprint density at radius 3 is 2.70 bits per heavy atom. The number of methoxy groups -OCH3 is 1. The normalized spacial score (nSPS) is 18.9. The van der Waals surface area contributed by atoms with Crippen molar-refractivity contribution in [1.29, 1.82) is 0 Å². The Kier molecular flexibility index (Phi) is 5.40. The van der Waals surface area contributed by atoms with E-state index in [0.29, 0.717) is 0 Å². The van der Waals surface area contributed by atoms with Crippen LogP contribution in [0.25, 0.3) is 0 Å². The first kappa shape index (κ1) is 15.3. The number of nitrogens with one attached hydrogen (secondary N) is 1. The number of rotatable bonds is 7. The maximum Gasteiger partial charge on any atom is 0.119 e. The molecule has 1 aromatic carbocycles. The Morgan fingerprint density at radius 2 is 2.10 bits per heavy atom. The number of benzene rings is 1. The average molecular weight is 278 g/mol. The van der Waals surface area contributed by atoms with Crippen LogP contribution in [0.3, 0.4) is 0 Å². The van der Waals surface area contributed by atoms with Gasteiger partial charge in [0, 0.05) is 6.61 Å². The molecule has 1 aliphatic rings. The highest BCUT2D eigenvalue weighted by Crippen LogP contribution is 2.37. The van der Waals surface area contributed by atoms with Gasteiger partial charge in [-0.3, -0.25) is 11.3 Å². The van der Waals surface area contributed by atoms with E-state index >= 15 is 0 Å². The fourth-order valence-electron chi connectivity index (χ4n) is 3.29. The Balaban J connectivity index is 2.14. The van der Waals surface area contributed by atoms with E-state index in [9.17, 15) is 0 Å². The van der Waals surface area contributed by atoms with Crippen molar-refractivity contribution in [2.45, 2.75) is 50.7 Å². The van der Waals surface area contributed by atoms with Crippen molar-refractivity contribution < 1.29 is 9.47 Å². The van der Waals surface area contributed by atoms with Crippen LogP contribution in [0, 0.1) is 0 Å². The van der Waals surface area contributed by atoms with Crippen molar-refractivity contribution in [2.24, 2.45) is 5.84 Å². The fraction of sp³-hybridized carbons (Fsp3) is 0.625. The summed E-state index contributed by atoms with van der Waals surface area (Å²) in [5.74, 6) is 6.71. The number of nitrogens with two attached hydrogens (primary N) is 1. The summed E-state index contributed by atoms with van der Waals surface area (Å²) < 4.78 is 11.4. The molecule has 4 heteroatoms. The van der Waals surface area contributed by atoms with Crippen LogP contribution in [-0.2, 0) is 11.2 Å². The molecule has 0 radical (unpaired) electrons. The van der Waals surface area contributed by atoms with E-state index in [1.165, 1.54) is 18.4 Å². The van der Waals surface area contributed by atoms with Gasteiger partial charge in [0.1, 0.15) is 5.75 Å². The molecular formula is C16H26N2O2. The van der Waals surface area contributed by atoms with Crippen LogP contribution in [-0.4, -0.2) is 25.4 Å². The van der Waals surface area contributed by atoms with Crippen molar-refractivity contribution in [3.8, 4) is 5.75 Å². The van der Waals surface area contributed by atoms with Gasteiger partial charge in [-0.2, -0.15) is 0 Å². The van der Waals surface area contributed by atoms with Crippen LogP contribution in [0.5, 0.6) is 5.75 Å². The van der Waals surface area contributed by atoms with E-state index in [0.717, 1.165) is 31.6 Å². The first-order chi connectivity index (χ1) is 9.74. The molecule has 4 nitrogen and oxygen atoms in total. The Bertz CT molecular complexity index is 417. The van der Waals surface area contributed by atoms with Gasteiger partial charge in [-0.1, -0.05) is 25.0 Å².